The molecule has 1 saturated heterocycles. The highest BCUT2D eigenvalue weighted by atomic mass is 35.5. The predicted octanol–water partition coefficient (Wildman–Crippen LogP) is 3.73. The second-order valence-corrected chi connectivity index (χ2v) is 7.88. The first-order valence-electron chi connectivity index (χ1n) is 9.92. The van der Waals surface area contributed by atoms with Gasteiger partial charge in [-0.1, -0.05) is 59.2 Å². The third-order valence-electron chi connectivity index (χ3n) is 5.29. The molecule has 0 saturated carbocycles. The van der Waals surface area contributed by atoms with Gasteiger partial charge in [0.15, 0.2) is 5.70 Å². The van der Waals surface area contributed by atoms with Gasteiger partial charge in [0.25, 0.3) is 0 Å². The van der Waals surface area contributed by atoms with E-state index in [-0.39, 0.29) is 6.04 Å². The second kappa shape index (κ2) is 7.98. The number of para-hydroxylation sites is 2. The molecule has 7 heteroatoms. The first-order chi connectivity index (χ1) is 15.1. The number of nitrogens with one attached hydrogen (secondary N) is 1. The third-order valence-corrected chi connectivity index (χ3v) is 5.54. The van der Waals surface area contributed by atoms with E-state index in [0.29, 0.717) is 28.5 Å². The molecule has 31 heavy (non-hydrogen) atoms. The van der Waals surface area contributed by atoms with Crippen molar-refractivity contribution in [2.45, 2.75) is 19.4 Å². The van der Waals surface area contributed by atoms with E-state index in [9.17, 15) is 4.79 Å². The van der Waals surface area contributed by atoms with Crippen molar-refractivity contribution in [3.63, 3.8) is 0 Å². The molecule has 3 aromatic rings. The number of carbonyl (C=O) groups is 1. The summed E-state index contributed by atoms with van der Waals surface area (Å²) < 4.78 is 0. The molecule has 1 atom stereocenters. The Bertz CT molecular complexity index is 1300. The number of rotatable bonds is 2. The van der Waals surface area contributed by atoms with Crippen molar-refractivity contribution in [3.05, 3.63) is 111 Å². The zero-order chi connectivity index (χ0) is 21.4. The first-order valence-corrected chi connectivity index (χ1v) is 10.3. The highest BCUT2D eigenvalue weighted by molar-refractivity contribution is 6.30. The minimum absolute atomic E-state index is 0.184. The third kappa shape index (κ3) is 3.83. The Morgan fingerprint density at radius 1 is 1.00 bits per heavy atom. The van der Waals surface area contributed by atoms with Gasteiger partial charge in [-0.15, -0.1) is 0 Å². The zero-order valence-electron chi connectivity index (χ0n) is 16.7. The number of nitrogens with zero attached hydrogens (tertiary/aromatic N) is 3. The molecule has 0 spiro atoms. The summed E-state index contributed by atoms with van der Waals surface area (Å²) in [7, 11) is 0. The van der Waals surface area contributed by atoms with Gasteiger partial charge in [0, 0.05) is 11.4 Å². The molecule has 154 valence electrons. The predicted molar refractivity (Wildman–Crippen MR) is 117 cm³/mol. The van der Waals surface area contributed by atoms with Crippen LogP contribution in [0.4, 0.5) is 5.69 Å². The molecule has 1 N–H and O–H groups in total. The molecule has 0 aromatic heterocycles. The average molecular weight is 431 g/mol. The van der Waals surface area contributed by atoms with E-state index in [0.717, 1.165) is 16.3 Å². The van der Waals surface area contributed by atoms with E-state index in [1.807, 2.05) is 36.4 Å². The molecule has 0 aliphatic carbocycles. The van der Waals surface area contributed by atoms with E-state index in [4.69, 9.17) is 26.4 Å². The topological polar surface area (TPSA) is 66.3 Å². The molecule has 2 heterocycles. The molecule has 5 rings (SSSR count). The lowest BCUT2D eigenvalue weighted by atomic mass is 10.0. The molecule has 0 amide bonds. The fourth-order valence-electron chi connectivity index (χ4n) is 3.68. The standard InChI is InChI=1S/C24H19ClN4O2/c1-15-6-8-16(9-7-15)21-14-22(27-20-5-3-2-4-19(20)26-21)23-24(30)31-28-29(23)18-12-10-17(25)11-13-18/h2-13,21,28H,14H2,1H3. The van der Waals surface area contributed by atoms with Crippen molar-refractivity contribution in [3.8, 4) is 0 Å². The Labute approximate surface area is 184 Å². The molecule has 0 bridgehead atoms. The van der Waals surface area contributed by atoms with Crippen molar-refractivity contribution < 1.29 is 9.63 Å². The van der Waals surface area contributed by atoms with E-state index in [1.54, 1.807) is 17.1 Å². The summed E-state index contributed by atoms with van der Waals surface area (Å²) in [4.78, 5) is 27.7. The minimum atomic E-state index is -0.490. The summed E-state index contributed by atoms with van der Waals surface area (Å²) >= 11 is 6.03. The van der Waals surface area contributed by atoms with Crippen LogP contribution in [0.1, 0.15) is 23.6 Å². The zero-order valence-corrected chi connectivity index (χ0v) is 17.5. The number of fused-ring (bicyclic) bond motifs is 1. The lowest BCUT2D eigenvalue weighted by Gasteiger charge is -2.18. The summed E-state index contributed by atoms with van der Waals surface area (Å²) in [5.74, 6) is -0.490. The maximum Gasteiger partial charge on any atom is 0.378 e. The summed E-state index contributed by atoms with van der Waals surface area (Å²) in [6.45, 7) is 2.05. The van der Waals surface area contributed by atoms with Crippen molar-refractivity contribution >= 4 is 23.3 Å². The molecule has 1 unspecified atom stereocenters. The number of benzene rings is 3. The molecule has 3 aromatic carbocycles. The first kappa shape index (κ1) is 19.5. The van der Waals surface area contributed by atoms with E-state index < -0.39 is 5.97 Å². The van der Waals surface area contributed by atoms with Crippen LogP contribution in [-0.2, 0) is 9.63 Å². The lowest BCUT2D eigenvalue weighted by Crippen LogP contribution is -2.29. The van der Waals surface area contributed by atoms with Gasteiger partial charge in [-0.2, -0.15) is 0 Å². The van der Waals surface area contributed by atoms with Crippen LogP contribution in [0.3, 0.4) is 0 Å². The van der Waals surface area contributed by atoms with Crippen LogP contribution >= 0.6 is 11.6 Å². The van der Waals surface area contributed by atoms with Gasteiger partial charge >= 0.3 is 5.97 Å². The van der Waals surface area contributed by atoms with Crippen LogP contribution in [-0.4, -0.2) is 5.97 Å². The van der Waals surface area contributed by atoms with E-state index in [2.05, 4.69) is 36.8 Å². The molecule has 2 aliphatic heterocycles. The average Bonchev–Trinajstić information content (AvgIpc) is 3.05. The maximum absolute atomic E-state index is 12.7. The van der Waals surface area contributed by atoms with Crippen LogP contribution in [0.25, 0.3) is 0 Å². The monoisotopic (exact) mass is 430 g/mol. The maximum atomic E-state index is 12.7. The van der Waals surface area contributed by atoms with Gasteiger partial charge in [-0.25, -0.2) is 14.8 Å². The largest absolute Gasteiger partial charge is 0.378 e. The van der Waals surface area contributed by atoms with E-state index in [1.165, 1.54) is 5.56 Å². The highest BCUT2D eigenvalue weighted by Crippen LogP contribution is 2.32. The smallest absolute Gasteiger partial charge is 0.345 e. The number of hydrazine groups is 1. The van der Waals surface area contributed by atoms with Crippen molar-refractivity contribution in [1.82, 2.24) is 5.59 Å². The second-order valence-electron chi connectivity index (χ2n) is 7.45. The van der Waals surface area contributed by atoms with Gasteiger partial charge in [0.05, 0.1) is 28.1 Å². The van der Waals surface area contributed by atoms with Crippen LogP contribution < -0.4 is 21.3 Å². The number of hydrogen-bond donors (Lipinski definition) is 1. The van der Waals surface area contributed by atoms with Crippen LogP contribution in [0.5, 0.6) is 0 Å². The van der Waals surface area contributed by atoms with Crippen molar-refractivity contribution in [2.75, 3.05) is 5.01 Å². The fourth-order valence-corrected chi connectivity index (χ4v) is 3.80. The Balaban J connectivity index is 1.69. The normalized spacial score (nSPS) is 20.4. The molecule has 1 fully saturated rings. The number of halogens is 1. The van der Waals surface area contributed by atoms with Crippen molar-refractivity contribution in [2.24, 2.45) is 9.98 Å². The molecule has 0 radical (unpaired) electrons. The van der Waals surface area contributed by atoms with Crippen molar-refractivity contribution in [1.29, 1.82) is 0 Å². The molecule has 6 nitrogen and oxygen atoms in total. The summed E-state index contributed by atoms with van der Waals surface area (Å²) in [5.41, 5.74) is 6.59. The highest BCUT2D eigenvalue weighted by Gasteiger charge is 2.34. The molecular formula is C24H19ClN4O2. The van der Waals surface area contributed by atoms with Gasteiger partial charge in [0.2, 0.25) is 0 Å². The van der Waals surface area contributed by atoms with Crippen LogP contribution in [0.2, 0.25) is 5.02 Å². The number of anilines is 1. The minimum Gasteiger partial charge on any atom is -0.345 e. The quantitative estimate of drug-likeness (QED) is 0.629. The number of aryl methyl sites for hydroxylation is 1. The number of hydrogen-bond acceptors (Lipinski definition) is 6. The Hall–Kier alpha value is -3.48. The Morgan fingerprint density at radius 3 is 2.45 bits per heavy atom. The van der Waals surface area contributed by atoms with Gasteiger partial charge in [-0.3, -0.25) is 4.99 Å². The van der Waals surface area contributed by atoms with Crippen LogP contribution in [0, 0.1) is 6.92 Å². The Morgan fingerprint density at radius 2 is 1.71 bits per heavy atom. The van der Waals surface area contributed by atoms with Gasteiger partial charge in [0.1, 0.15) is 0 Å². The van der Waals surface area contributed by atoms with Gasteiger partial charge < -0.3 is 4.84 Å². The lowest BCUT2D eigenvalue weighted by molar-refractivity contribution is -0.140. The SMILES string of the molecule is Cc1ccc(C2CC(=C3C(=O)ONN3c3ccc(Cl)cc3)N=c3ccccc3=N2)cc1. The van der Waals surface area contributed by atoms with Gasteiger partial charge in [-0.05, 0) is 48.9 Å². The summed E-state index contributed by atoms with van der Waals surface area (Å²) in [6, 6.07) is 22.9. The van der Waals surface area contributed by atoms with E-state index >= 15 is 0 Å². The molecule has 2 aliphatic rings. The Kier molecular flexibility index (Phi) is 5.02. The summed E-state index contributed by atoms with van der Waals surface area (Å²) in [6.07, 6.45) is 0.452. The van der Waals surface area contributed by atoms with Crippen LogP contribution in [0.15, 0.2) is 94.2 Å². The molecular weight excluding hydrogens is 412 g/mol. The summed E-state index contributed by atoms with van der Waals surface area (Å²) in [5, 5.41) is 3.71. The fraction of sp³-hybridized carbons (Fsp3) is 0.125. The number of carbonyl (C=O) groups excluding carboxylic acids is 1.